The maximum Gasteiger partial charge on any atom is 0.162 e. The minimum atomic E-state index is 0.592. The van der Waals surface area contributed by atoms with Crippen LogP contribution >= 0.6 is 0 Å². The summed E-state index contributed by atoms with van der Waals surface area (Å²) in [5.74, 6) is 2.02. The number of hydrogen-bond donors (Lipinski definition) is 1. The molecule has 2 heterocycles. The number of allylic oxidation sites excluding steroid dienone is 2. The molecule has 4 heteroatoms. The summed E-state index contributed by atoms with van der Waals surface area (Å²) in [4.78, 5) is 13.7. The van der Waals surface area contributed by atoms with Gasteiger partial charge in [-0.2, -0.15) is 0 Å². The molecule has 0 aliphatic carbocycles. The van der Waals surface area contributed by atoms with E-state index in [-0.39, 0.29) is 0 Å². The van der Waals surface area contributed by atoms with Gasteiger partial charge in [-0.25, -0.2) is 9.97 Å². The van der Waals surface area contributed by atoms with Crippen molar-refractivity contribution in [1.82, 2.24) is 15.0 Å². The fraction of sp³-hybridized carbons (Fsp3) is 0.292. The van der Waals surface area contributed by atoms with E-state index >= 15 is 0 Å². The Morgan fingerprint density at radius 3 is 2.64 bits per heavy atom. The minimum absolute atomic E-state index is 0.592. The Morgan fingerprint density at radius 2 is 1.93 bits per heavy atom. The van der Waals surface area contributed by atoms with Crippen LogP contribution in [0.15, 0.2) is 72.7 Å². The quantitative estimate of drug-likeness (QED) is 0.465. The summed E-state index contributed by atoms with van der Waals surface area (Å²) in [5.41, 5.74) is 3.97. The van der Waals surface area contributed by atoms with Crippen LogP contribution in [0.25, 0.3) is 22.3 Å². The van der Waals surface area contributed by atoms with Crippen molar-refractivity contribution in [2.45, 2.75) is 40.0 Å². The molecule has 0 spiro atoms. The van der Waals surface area contributed by atoms with Gasteiger partial charge in [0.15, 0.2) is 5.82 Å². The van der Waals surface area contributed by atoms with E-state index in [9.17, 15) is 0 Å². The van der Waals surface area contributed by atoms with Crippen LogP contribution in [0.4, 0.5) is 5.82 Å². The van der Waals surface area contributed by atoms with Crippen LogP contribution in [0.5, 0.6) is 0 Å². The number of anilines is 1. The first-order valence-corrected chi connectivity index (χ1v) is 9.93. The largest absolute Gasteiger partial charge is 0.340 e. The Labute approximate surface area is 167 Å². The Bertz CT molecular complexity index is 976. The van der Waals surface area contributed by atoms with Crippen LogP contribution in [-0.2, 0) is 0 Å². The molecular weight excluding hydrogens is 344 g/mol. The molecule has 0 saturated carbocycles. The molecule has 3 aromatic rings. The maximum absolute atomic E-state index is 4.78. The first-order chi connectivity index (χ1) is 13.6. The summed E-state index contributed by atoms with van der Waals surface area (Å²) in [5, 5.41) is 4.33. The molecule has 0 bridgehead atoms. The number of aromatic nitrogens is 3. The first kappa shape index (κ1) is 19.7. The van der Waals surface area contributed by atoms with Crippen LogP contribution in [0, 0.1) is 5.92 Å². The Kier molecular flexibility index (Phi) is 6.53. The highest BCUT2D eigenvalue weighted by Gasteiger charge is 2.11. The van der Waals surface area contributed by atoms with Gasteiger partial charge in [0.1, 0.15) is 5.82 Å². The molecule has 0 aliphatic heterocycles. The molecule has 0 aliphatic rings. The van der Waals surface area contributed by atoms with Crippen molar-refractivity contribution < 1.29 is 0 Å². The highest BCUT2D eigenvalue weighted by molar-refractivity contribution is 5.90. The second-order valence-electron chi connectivity index (χ2n) is 7.09. The zero-order chi connectivity index (χ0) is 19.9. The highest BCUT2D eigenvalue weighted by atomic mass is 15.0. The van der Waals surface area contributed by atoms with E-state index < -0.39 is 0 Å². The van der Waals surface area contributed by atoms with Gasteiger partial charge in [-0.15, -0.1) is 0 Å². The van der Waals surface area contributed by atoms with Gasteiger partial charge in [0.2, 0.25) is 0 Å². The fourth-order valence-electron chi connectivity index (χ4n) is 3.48. The van der Waals surface area contributed by atoms with Crippen molar-refractivity contribution in [3.8, 4) is 11.4 Å². The van der Waals surface area contributed by atoms with Crippen molar-refractivity contribution in [1.29, 1.82) is 0 Å². The summed E-state index contributed by atoms with van der Waals surface area (Å²) in [6.45, 7) is 10.9. The third kappa shape index (κ3) is 4.63. The van der Waals surface area contributed by atoms with Gasteiger partial charge in [0.25, 0.3) is 0 Å². The summed E-state index contributed by atoms with van der Waals surface area (Å²) >= 11 is 0. The van der Waals surface area contributed by atoms with Crippen molar-refractivity contribution in [2.24, 2.45) is 5.92 Å². The third-order valence-corrected chi connectivity index (χ3v) is 4.99. The molecule has 28 heavy (non-hydrogen) atoms. The molecule has 0 fully saturated rings. The average Bonchev–Trinajstić information content (AvgIpc) is 2.72. The standard InChI is InChI=1S/C24H28N4/c1-5-10-19(6-2)17(3)15-18(4)26-24-21-13-14-25-16-22(21)27-23(28-24)20-11-8-7-9-12-20/h7-9,11-16,19H,4-6,10H2,1-3H3,(H,26,27,28)/b17-15-. The van der Waals surface area contributed by atoms with Gasteiger partial charge in [0.05, 0.1) is 11.7 Å². The lowest BCUT2D eigenvalue weighted by Gasteiger charge is -2.16. The molecule has 3 rings (SSSR count). The molecule has 4 nitrogen and oxygen atoms in total. The lowest BCUT2D eigenvalue weighted by atomic mass is 9.92. The SMILES string of the molecule is C=C(/C=C(/C)C(CC)CCC)Nc1nc(-c2ccccc2)nc2cnccc12. The number of pyridine rings is 1. The number of rotatable bonds is 8. The van der Waals surface area contributed by atoms with Crippen LogP contribution in [0.2, 0.25) is 0 Å². The maximum atomic E-state index is 4.78. The second-order valence-corrected chi connectivity index (χ2v) is 7.09. The first-order valence-electron chi connectivity index (χ1n) is 9.93. The zero-order valence-electron chi connectivity index (χ0n) is 16.9. The van der Waals surface area contributed by atoms with Crippen molar-refractivity contribution in [2.75, 3.05) is 5.32 Å². The van der Waals surface area contributed by atoms with Crippen LogP contribution in [0.3, 0.4) is 0 Å². The summed E-state index contributed by atoms with van der Waals surface area (Å²) < 4.78 is 0. The van der Waals surface area contributed by atoms with Crippen molar-refractivity contribution >= 4 is 16.7 Å². The van der Waals surface area contributed by atoms with E-state index in [1.165, 1.54) is 18.4 Å². The lowest BCUT2D eigenvalue weighted by molar-refractivity contribution is 0.534. The second kappa shape index (κ2) is 9.27. The molecule has 1 unspecified atom stereocenters. The smallest absolute Gasteiger partial charge is 0.162 e. The van der Waals surface area contributed by atoms with E-state index in [4.69, 9.17) is 4.98 Å². The summed E-state index contributed by atoms with van der Waals surface area (Å²) in [6, 6.07) is 11.9. The van der Waals surface area contributed by atoms with Crippen LogP contribution in [0.1, 0.15) is 40.0 Å². The minimum Gasteiger partial charge on any atom is -0.340 e. The molecule has 1 atom stereocenters. The van der Waals surface area contributed by atoms with Gasteiger partial charge < -0.3 is 5.32 Å². The van der Waals surface area contributed by atoms with E-state index in [2.05, 4.69) is 48.7 Å². The highest BCUT2D eigenvalue weighted by Crippen LogP contribution is 2.26. The predicted molar refractivity (Wildman–Crippen MR) is 118 cm³/mol. The molecule has 0 amide bonds. The van der Waals surface area contributed by atoms with Gasteiger partial charge in [-0.3, -0.25) is 4.98 Å². The van der Waals surface area contributed by atoms with Gasteiger partial charge in [-0.1, -0.05) is 62.8 Å². The molecule has 1 aromatic carbocycles. The molecule has 0 radical (unpaired) electrons. The molecule has 0 saturated heterocycles. The Balaban J connectivity index is 1.95. The van der Waals surface area contributed by atoms with Gasteiger partial charge in [0, 0.05) is 22.8 Å². The van der Waals surface area contributed by atoms with E-state index in [1.54, 1.807) is 12.4 Å². The summed E-state index contributed by atoms with van der Waals surface area (Å²) in [7, 11) is 0. The molecule has 1 N–H and O–H groups in total. The van der Waals surface area contributed by atoms with Crippen LogP contribution < -0.4 is 5.32 Å². The number of benzene rings is 1. The zero-order valence-corrected chi connectivity index (χ0v) is 16.9. The topological polar surface area (TPSA) is 50.7 Å². The van der Waals surface area contributed by atoms with Gasteiger partial charge >= 0.3 is 0 Å². The lowest BCUT2D eigenvalue weighted by Crippen LogP contribution is -2.05. The Morgan fingerprint density at radius 1 is 1.14 bits per heavy atom. The van der Waals surface area contributed by atoms with Gasteiger partial charge in [-0.05, 0) is 37.8 Å². The number of hydrogen-bond acceptors (Lipinski definition) is 4. The number of nitrogens with one attached hydrogen (secondary N) is 1. The average molecular weight is 373 g/mol. The van der Waals surface area contributed by atoms with Crippen LogP contribution in [-0.4, -0.2) is 15.0 Å². The van der Waals surface area contributed by atoms with E-state index in [0.717, 1.165) is 34.4 Å². The summed E-state index contributed by atoms with van der Waals surface area (Å²) in [6.07, 6.45) is 9.20. The molecule has 2 aromatic heterocycles. The van der Waals surface area contributed by atoms with E-state index in [0.29, 0.717) is 11.7 Å². The van der Waals surface area contributed by atoms with Crippen molar-refractivity contribution in [3.63, 3.8) is 0 Å². The number of nitrogens with zero attached hydrogens (tertiary/aromatic N) is 3. The molecule has 144 valence electrons. The monoisotopic (exact) mass is 372 g/mol. The van der Waals surface area contributed by atoms with Crippen molar-refractivity contribution in [3.05, 3.63) is 72.7 Å². The fourth-order valence-corrected chi connectivity index (χ4v) is 3.48. The normalized spacial score (nSPS) is 12.8. The third-order valence-electron chi connectivity index (χ3n) is 4.99. The molecular formula is C24H28N4. The predicted octanol–water partition coefficient (Wildman–Crippen LogP) is 6.39. The van der Waals surface area contributed by atoms with E-state index in [1.807, 2.05) is 36.4 Å². The number of fused-ring (bicyclic) bond motifs is 1. The Hall–Kier alpha value is -3.01.